The number of allylic oxidation sites excluding steroid dienone is 4. The number of hydrogen-bond donors (Lipinski definition) is 2. The standard InChI is InChI=1S/C10H8O.C9H10.C8H8N2.C8H9N.C8H7N.C8H6S.2C7H6N2.3C7H5NS.C6H8N2S.C5H4N4/c11-10-6-5-8-3-1-2-4-9(8)7-10;1-2-5-9-7-3-6-8(9)4-1;1-2-6-10-7-3-5-9-8(10)4-1;1-2-4-8-6-9-5-7(8)3-1;2*1-2-4-8-7(3-1)5-6-9-8;1-2-5-9-6-4-8-7(9)3-1;1-2-4-7-6(3-1)5-8-9-7;1-2-6-3-5-9-7(6)8-4-1;1-2-4-7-6(3-1)8-5-9-7;1-2-4-7-6(3-1)5-8-9-7;1-2-5-6(7-3-1)8-4-9-5;1-2-6-5-7-4-8-9(5)3-1/h1-6H,7H2;1-2,4-5H,3,6-7H2;1-5,7H,6H2;1-4,9H,5-6H2;1-4,6H,5H2;2*1-6H;1-4H,5H2;3*1-5H;4,7H,1-3H2;1-4H. The molecule has 6 aliphatic heterocycles. The summed E-state index contributed by atoms with van der Waals surface area (Å²) in [4.78, 5) is 48.3. The Morgan fingerprint density at radius 3 is 1.96 bits per heavy atom. The maximum absolute atomic E-state index is 10.9. The minimum atomic E-state index is 0.198. The lowest BCUT2D eigenvalue weighted by molar-refractivity contribution is -0.114. The van der Waals surface area contributed by atoms with Gasteiger partial charge in [0.2, 0.25) is 0 Å². The third-order valence-electron chi connectivity index (χ3n) is 19.1. The first-order valence-corrected chi connectivity index (χ1v) is 43.7. The van der Waals surface area contributed by atoms with Crippen LogP contribution in [-0.2, 0) is 56.5 Å². The summed E-state index contributed by atoms with van der Waals surface area (Å²) in [6.45, 7) is 4.90. The number of fused-ring (bicyclic) bond motifs is 13. The van der Waals surface area contributed by atoms with Gasteiger partial charge in [-0.25, -0.2) is 34.4 Å². The van der Waals surface area contributed by atoms with Crippen LogP contribution in [0.15, 0.2) is 377 Å². The second-order valence-corrected chi connectivity index (χ2v) is 31.7. The molecule has 0 saturated carbocycles. The molecule has 2 N–H and O–H groups in total. The Morgan fingerprint density at radius 1 is 0.483 bits per heavy atom. The van der Waals surface area contributed by atoms with Crippen molar-refractivity contribution in [3.05, 3.63) is 406 Å². The fourth-order valence-electron chi connectivity index (χ4n) is 13.0. The lowest BCUT2D eigenvalue weighted by atomic mass is 9.97. The van der Waals surface area contributed by atoms with Crippen molar-refractivity contribution < 1.29 is 4.79 Å². The number of aryl methyl sites for hydroxylation is 3. The first kappa shape index (κ1) is 83.1. The van der Waals surface area contributed by atoms with E-state index < -0.39 is 0 Å². The molecule has 120 heavy (non-hydrogen) atoms. The number of anilines is 1. The number of thiophene rings is 2. The number of azo groups is 1. The van der Waals surface area contributed by atoms with E-state index in [2.05, 4.69) is 213 Å². The van der Waals surface area contributed by atoms with Gasteiger partial charge >= 0.3 is 0 Å². The highest BCUT2D eigenvalue weighted by atomic mass is 32.1. The van der Waals surface area contributed by atoms with Crippen molar-refractivity contribution >= 4 is 150 Å². The zero-order chi connectivity index (χ0) is 81.6. The highest BCUT2D eigenvalue weighted by molar-refractivity contribution is 7.17. The van der Waals surface area contributed by atoms with Gasteiger partial charge in [0, 0.05) is 127 Å². The van der Waals surface area contributed by atoms with Crippen LogP contribution >= 0.6 is 56.9 Å². The quantitative estimate of drug-likeness (QED) is 0.145. The third-order valence-corrected chi connectivity index (χ3v) is 23.3. The second-order valence-electron chi connectivity index (χ2n) is 27.2. The fraction of sp³-hybridized carbons (Fsp3) is 0.124. The van der Waals surface area contributed by atoms with Crippen molar-refractivity contribution in [1.82, 2.24) is 58.5 Å². The summed E-state index contributed by atoms with van der Waals surface area (Å²) in [7, 11) is 0. The van der Waals surface area contributed by atoms with Crippen LogP contribution in [0.1, 0.15) is 62.2 Å². The van der Waals surface area contributed by atoms with Gasteiger partial charge in [0.05, 0.1) is 43.9 Å². The predicted molar refractivity (Wildman–Crippen MR) is 500 cm³/mol. The number of carbonyl (C=O) groups is 1. The maximum atomic E-state index is 10.9. The zero-order valence-electron chi connectivity index (χ0n) is 65.9. The van der Waals surface area contributed by atoms with E-state index in [9.17, 15) is 4.79 Å². The molecule has 10 aromatic heterocycles. The number of hydrogen-bond acceptors (Lipinski definition) is 21. The normalized spacial score (nSPS) is 13.3. The van der Waals surface area contributed by atoms with E-state index in [4.69, 9.17) is 0 Å². The maximum Gasteiger partial charge on any atom is 0.252 e. The molecule has 16 heterocycles. The van der Waals surface area contributed by atoms with Crippen LogP contribution in [0.2, 0.25) is 0 Å². The molecule has 0 atom stereocenters. The summed E-state index contributed by atoms with van der Waals surface area (Å²) in [5, 5.41) is 26.2. The number of thiazole rings is 2. The van der Waals surface area contributed by atoms with Crippen LogP contribution in [0.25, 0.3) is 58.1 Å². The number of ketones is 1. The first-order valence-electron chi connectivity index (χ1n) is 39.4. The number of pyridine rings is 2. The van der Waals surface area contributed by atoms with Crippen molar-refractivity contribution in [3.8, 4) is 0 Å². The number of nitrogens with zero attached hydrogens (tertiary/aromatic N) is 15. The van der Waals surface area contributed by atoms with Crippen molar-refractivity contribution in [2.45, 2.75) is 64.6 Å². The Morgan fingerprint density at radius 2 is 1.18 bits per heavy atom. The van der Waals surface area contributed by atoms with Gasteiger partial charge in [-0.2, -0.15) is 24.7 Å². The van der Waals surface area contributed by atoms with E-state index in [0.717, 1.165) is 83.7 Å². The number of carbonyl (C=O) groups excluding carboxylic acids is 1. The van der Waals surface area contributed by atoms with Crippen molar-refractivity contribution in [1.29, 1.82) is 0 Å². The van der Waals surface area contributed by atoms with Gasteiger partial charge in [-0.15, -0.1) is 45.3 Å². The first-order chi connectivity index (χ1) is 59.5. The average Bonchev–Trinajstić information content (AvgIpc) is 1.67. The Labute approximate surface area is 717 Å². The zero-order valence-corrected chi connectivity index (χ0v) is 69.9. The molecule has 0 unspecified atom stereocenters. The van der Waals surface area contributed by atoms with Crippen LogP contribution < -0.4 is 10.6 Å². The van der Waals surface area contributed by atoms with Gasteiger partial charge in [0.25, 0.3) is 5.78 Å². The number of para-hydroxylation sites is 2. The molecule has 8 aromatic carbocycles. The average molecular weight is 1670 g/mol. The molecule has 18 nitrogen and oxygen atoms in total. The molecular weight excluding hydrogens is 1580 g/mol. The van der Waals surface area contributed by atoms with Gasteiger partial charge in [0.15, 0.2) is 5.78 Å². The van der Waals surface area contributed by atoms with Crippen molar-refractivity contribution in [3.63, 3.8) is 0 Å². The van der Waals surface area contributed by atoms with E-state index >= 15 is 0 Å². The van der Waals surface area contributed by atoms with Gasteiger partial charge < -0.3 is 19.9 Å². The molecule has 0 radical (unpaired) electrons. The highest BCUT2D eigenvalue weighted by Gasteiger charge is 2.13. The molecule has 18 aromatic rings. The van der Waals surface area contributed by atoms with E-state index in [0.29, 0.717) is 12.2 Å². The minimum Gasteiger partial charge on any atom is -0.369 e. The predicted octanol–water partition coefficient (Wildman–Crippen LogP) is 23.6. The van der Waals surface area contributed by atoms with Gasteiger partial charge in [-0.05, 0) is 190 Å². The molecule has 0 saturated heterocycles. The van der Waals surface area contributed by atoms with E-state index in [1.54, 1.807) is 85.7 Å². The summed E-state index contributed by atoms with van der Waals surface area (Å²) >= 11 is 8.43. The molecule has 0 spiro atoms. The molecule has 0 fully saturated rings. The molecule has 26 rings (SSSR count). The molecular formula is C97H87N17OS5. The molecule has 8 aliphatic rings. The van der Waals surface area contributed by atoms with E-state index in [1.807, 2.05) is 204 Å². The topological polar surface area (TPSA) is 206 Å². The summed E-state index contributed by atoms with van der Waals surface area (Å²) in [5.41, 5.74) is 19.0. The van der Waals surface area contributed by atoms with Crippen LogP contribution in [-0.4, -0.2) is 84.5 Å². The summed E-state index contributed by atoms with van der Waals surface area (Å²) in [6, 6.07) is 82.2. The summed E-state index contributed by atoms with van der Waals surface area (Å²) < 4.78 is 11.5. The number of nitrogens with one attached hydrogen (secondary N) is 2. The molecule has 0 bridgehead atoms. The monoisotopic (exact) mass is 1670 g/mol. The SMILES string of the molecule is C1=CCN2C=CC=NC2=C1.C1=Nc2ccccc2C1.O=C1C=Cc2ccccc2C1.c1ccc2c(c1)CCC2.c1ccc2c(c1)CN=N2.c1ccc2c(c1)CNC2.c1ccc2sccc2c1.c1ccc2scnc2c1.c1ccc2sncc2c1.c1ccn2ccnc2c1.c1cnc2ncnn2c1.c1cnc2sccc2c1.c1nc2c(s1)CCCN2. The minimum absolute atomic E-state index is 0.198. The van der Waals surface area contributed by atoms with Crippen LogP contribution in [0.3, 0.4) is 0 Å². The molecule has 0 amide bonds. The Bertz CT molecular complexity index is 5580. The number of rotatable bonds is 0. The third kappa shape index (κ3) is 25.1. The van der Waals surface area contributed by atoms with Crippen LogP contribution in [0.5, 0.6) is 0 Å². The second kappa shape index (κ2) is 45.4. The Hall–Kier alpha value is -13.4. The van der Waals surface area contributed by atoms with Crippen LogP contribution in [0, 0.1) is 0 Å². The smallest absolute Gasteiger partial charge is 0.252 e. The van der Waals surface area contributed by atoms with Crippen molar-refractivity contribution in [2.24, 2.45) is 20.2 Å². The number of aliphatic imine (C=N–C) groups is 2. The summed E-state index contributed by atoms with van der Waals surface area (Å²) in [5.74, 6) is 2.98. The Kier molecular flexibility index (Phi) is 31.4. The highest BCUT2D eigenvalue weighted by Crippen LogP contribution is 2.28. The molecule has 23 heteroatoms. The molecule has 596 valence electrons. The molecule has 2 aliphatic carbocycles. The largest absolute Gasteiger partial charge is 0.369 e. The van der Waals surface area contributed by atoms with Crippen LogP contribution in [0.4, 0.5) is 17.2 Å². The fourth-order valence-corrected chi connectivity index (χ4v) is 16.6. The van der Waals surface area contributed by atoms with Gasteiger partial charge in [0.1, 0.15) is 28.4 Å². The summed E-state index contributed by atoms with van der Waals surface area (Å²) in [6.07, 6.45) is 39.7. The number of benzene rings is 8. The van der Waals surface area contributed by atoms with E-state index in [-0.39, 0.29) is 5.78 Å². The number of imidazole rings is 1. The van der Waals surface area contributed by atoms with E-state index in [1.165, 1.54) is 113 Å². The lowest BCUT2D eigenvalue weighted by Gasteiger charge is -2.22. The van der Waals surface area contributed by atoms with Crippen molar-refractivity contribution in [2.75, 3.05) is 18.4 Å². The Balaban J connectivity index is 0.000000106. The number of aromatic nitrogens is 10. The van der Waals surface area contributed by atoms with Gasteiger partial charge in [-0.1, -0.05) is 188 Å². The lowest BCUT2D eigenvalue weighted by Crippen LogP contribution is -2.19. The van der Waals surface area contributed by atoms with Gasteiger partial charge in [-0.3, -0.25) is 9.79 Å².